The highest BCUT2D eigenvalue weighted by Gasteiger charge is 2.32. The van der Waals surface area contributed by atoms with Gasteiger partial charge in [0.25, 0.3) is 0 Å². The van der Waals surface area contributed by atoms with Gasteiger partial charge in [-0.25, -0.2) is 0 Å². The summed E-state index contributed by atoms with van der Waals surface area (Å²) in [5, 5.41) is 8.59. The molecule has 1 aliphatic rings. The Morgan fingerprint density at radius 3 is 2.88 bits per heavy atom. The van der Waals surface area contributed by atoms with E-state index in [0.29, 0.717) is 17.8 Å². The van der Waals surface area contributed by atoms with Gasteiger partial charge in [0.2, 0.25) is 11.7 Å². The Morgan fingerprint density at radius 2 is 2.12 bits per heavy atom. The van der Waals surface area contributed by atoms with Crippen molar-refractivity contribution in [3.05, 3.63) is 54.2 Å². The number of benzene rings is 1. The molecule has 0 saturated carbocycles. The minimum atomic E-state index is 0.106. The third kappa shape index (κ3) is 3.35. The number of aromatic nitrogens is 4. The second-order valence-electron chi connectivity index (χ2n) is 6.77. The summed E-state index contributed by atoms with van der Waals surface area (Å²) in [5.41, 5.74) is 2.18. The molecule has 1 fully saturated rings. The molecule has 3 aromatic rings. The summed E-state index contributed by atoms with van der Waals surface area (Å²) in [4.78, 5) is 7.09. The third-order valence-electron chi connectivity index (χ3n) is 4.91. The summed E-state index contributed by atoms with van der Waals surface area (Å²) in [5.74, 6) is 1.34. The van der Waals surface area contributed by atoms with Gasteiger partial charge in [0.15, 0.2) is 0 Å². The minimum absolute atomic E-state index is 0.106. The maximum absolute atomic E-state index is 5.57. The monoisotopic (exact) mass is 337 g/mol. The molecular formula is C19H23N5O. The fraction of sp³-hybridized carbons (Fsp3) is 0.421. The minimum Gasteiger partial charge on any atom is -0.337 e. The van der Waals surface area contributed by atoms with Crippen molar-refractivity contribution in [2.75, 3.05) is 6.54 Å². The van der Waals surface area contributed by atoms with Gasteiger partial charge in [0.1, 0.15) is 0 Å². The molecular weight excluding hydrogens is 314 g/mol. The number of aryl methyl sites for hydroxylation is 1. The first-order chi connectivity index (χ1) is 12.2. The van der Waals surface area contributed by atoms with Crippen LogP contribution >= 0.6 is 0 Å². The first kappa shape index (κ1) is 16.0. The average Bonchev–Trinajstić information content (AvgIpc) is 3.37. The average molecular weight is 337 g/mol. The van der Waals surface area contributed by atoms with Crippen LogP contribution in [0, 0.1) is 6.92 Å². The van der Waals surface area contributed by atoms with E-state index in [1.807, 2.05) is 41.2 Å². The molecule has 2 atom stereocenters. The zero-order chi connectivity index (χ0) is 17.2. The van der Waals surface area contributed by atoms with Crippen LogP contribution in [0.25, 0.3) is 11.4 Å². The van der Waals surface area contributed by atoms with Crippen molar-refractivity contribution >= 4 is 0 Å². The molecule has 3 heterocycles. The largest absolute Gasteiger partial charge is 0.337 e. The predicted molar refractivity (Wildman–Crippen MR) is 94.8 cm³/mol. The Kier molecular flexibility index (Phi) is 4.36. The fourth-order valence-electron chi connectivity index (χ4n) is 3.60. The van der Waals surface area contributed by atoms with Crippen molar-refractivity contribution in [2.24, 2.45) is 0 Å². The van der Waals surface area contributed by atoms with Gasteiger partial charge >= 0.3 is 0 Å². The lowest BCUT2D eigenvalue weighted by Gasteiger charge is -2.28. The Balaban J connectivity index is 1.50. The van der Waals surface area contributed by atoms with Crippen molar-refractivity contribution in [3.63, 3.8) is 0 Å². The van der Waals surface area contributed by atoms with Gasteiger partial charge in [-0.05, 0) is 38.8 Å². The molecule has 2 aromatic heterocycles. The van der Waals surface area contributed by atoms with Crippen LogP contribution in [-0.2, 0) is 6.54 Å². The molecule has 1 aromatic carbocycles. The Morgan fingerprint density at radius 1 is 1.28 bits per heavy atom. The standard InChI is InChI=1S/C19H23N5O/c1-14-11-20-23(12-14)13-17-9-6-10-24(17)15(2)19-21-18(22-25-19)16-7-4-3-5-8-16/h3-5,7-8,11-12,15,17H,6,9-10,13H2,1-2H3/t15-,17-/m1/s1. The van der Waals surface area contributed by atoms with Gasteiger partial charge in [-0.1, -0.05) is 35.5 Å². The second-order valence-corrected chi connectivity index (χ2v) is 6.77. The van der Waals surface area contributed by atoms with E-state index in [-0.39, 0.29) is 6.04 Å². The number of rotatable bonds is 5. The lowest BCUT2D eigenvalue weighted by atomic mass is 10.2. The van der Waals surface area contributed by atoms with Crippen molar-refractivity contribution in [1.82, 2.24) is 24.8 Å². The summed E-state index contributed by atoms with van der Waals surface area (Å²) in [7, 11) is 0. The van der Waals surface area contributed by atoms with Crippen LogP contribution in [0.5, 0.6) is 0 Å². The van der Waals surface area contributed by atoms with Crippen LogP contribution in [0.1, 0.15) is 37.3 Å². The van der Waals surface area contributed by atoms with Gasteiger partial charge in [-0.3, -0.25) is 9.58 Å². The maximum atomic E-state index is 5.57. The van der Waals surface area contributed by atoms with Crippen LogP contribution in [-0.4, -0.2) is 37.4 Å². The predicted octanol–water partition coefficient (Wildman–Crippen LogP) is 3.47. The summed E-state index contributed by atoms with van der Waals surface area (Å²) < 4.78 is 7.61. The zero-order valence-corrected chi connectivity index (χ0v) is 14.7. The Bertz CT molecular complexity index is 825. The molecule has 0 radical (unpaired) electrons. The van der Waals surface area contributed by atoms with Gasteiger partial charge in [0, 0.05) is 17.8 Å². The topological polar surface area (TPSA) is 60.0 Å². The molecule has 0 unspecified atom stereocenters. The van der Waals surface area contributed by atoms with Gasteiger partial charge in [-0.15, -0.1) is 0 Å². The van der Waals surface area contributed by atoms with Crippen LogP contribution in [0.3, 0.4) is 0 Å². The van der Waals surface area contributed by atoms with E-state index < -0.39 is 0 Å². The molecule has 0 N–H and O–H groups in total. The fourth-order valence-corrected chi connectivity index (χ4v) is 3.60. The van der Waals surface area contributed by atoms with Gasteiger partial charge in [0.05, 0.1) is 18.8 Å². The van der Waals surface area contributed by atoms with Crippen molar-refractivity contribution in [2.45, 2.75) is 45.3 Å². The molecule has 130 valence electrons. The number of hydrogen-bond acceptors (Lipinski definition) is 5. The number of likely N-dealkylation sites (tertiary alicyclic amines) is 1. The summed E-state index contributed by atoms with van der Waals surface area (Å²) in [6.07, 6.45) is 6.37. The van der Waals surface area contributed by atoms with E-state index >= 15 is 0 Å². The second kappa shape index (κ2) is 6.80. The third-order valence-corrected chi connectivity index (χ3v) is 4.91. The van der Waals surface area contributed by atoms with E-state index in [2.05, 4.69) is 40.2 Å². The lowest BCUT2D eigenvalue weighted by molar-refractivity contribution is 0.144. The SMILES string of the molecule is Cc1cnn(C[C@H]2CCCN2[C@H](C)c2nc(-c3ccccc3)no2)c1. The van der Waals surface area contributed by atoms with Crippen LogP contribution in [0.2, 0.25) is 0 Å². The van der Waals surface area contributed by atoms with Crippen LogP contribution in [0.4, 0.5) is 0 Å². The van der Waals surface area contributed by atoms with Gasteiger partial charge in [-0.2, -0.15) is 10.1 Å². The first-order valence-corrected chi connectivity index (χ1v) is 8.84. The lowest BCUT2D eigenvalue weighted by Crippen LogP contribution is -2.35. The van der Waals surface area contributed by atoms with E-state index in [1.54, 1.807) is 0 Å². The quantitative estimate of drug-likeness (QED) is 0.713. The van der Waals surface area contributed by atoms with Crippen molar-refractivity contribution in [1.29, 1.82) is 0 Å². The zero-order valence-electron chi connectivity index (χ0n) is 14.7. The highest BCUT2D eigenvalue weighted by molar-refractivity contribution is 5.53. The summed E-state index contributed by atoms with van der Waals surface area (Å²) in [6.45, 7) is 6.17. The molecule has 0 aliphatic carbocycles. The van der Waals surface area contributed by atoms with Crippen molar-refractivity contribution < 1.29 is 4.52 Å². The highest BCUT2D eigenvalue weighted by atomic mass is 16.5. The molecule has 1 aliphatic heterocycles. The molecule has 6 nitrogen and oxygen atoms in total. The number of hydrogen-bond donors (Lipinski definition) is 0. The maximum Gasteiger partial charge on any atom is 0.244 e. The van der Waals surface area contributed by atoms with Crippen molar-refractivity contribution in [3.8, 4) is 11.4 Å². The smallest absolute Gasteiger partial charge is 0.244 e. The van der Waals surface area contributed by atoms with E-state index in [4.69, 9.17) is 4.52 Å². The number of nitrogens with zero attached hydrogens (tertiary/aromatic N) is 5. The van der Waals surface area contributed by atoms with Crippen LogP contribution < -0.4 is 0 Å². The van der Waals surface area contributed by atoms with E-state index in [1.165, 1.54) is 18.4 Å². The molecule has 0 amide bonds. The van der Waals surface area contributed by atoms with Crippen LogP contribution in [0.15, 0.2) is 47.2 Å². The molecule has 0 bridgehead atoms. The molecule has 4 rings (SSSR count). The summed E-state index contributed by atoms with van der Waals surface area (Å²) in [6, 6.07) is 10.5. The molecule has 1 saturated heterocycles. The van der Waals surface area contributed by atoms with Gasteiger partial charge < -0.3 is 4.52 Å². The van der Waals surface area contributed by atoms with E-state index in [9.17, 15) is 0 Å². The van der Waals surface area contributed by atoms with E-state index in [0.717, 1.165) is 18.7 Å². The highest BCUT2D eigenvalue weighted by Crippen LogP contribution is 2.30. The first-order valence-electron chi connectivity index (χ1n) is 8.84. The molecule has 0 spiro atoms. The Labute approximate surface area is 147 Å². The molecule has 6 heteroatoms. The summed E-state index contributed by atoms with van der Waals surface area (Å²) >= 11 is 0. The molecule has 25 heavy (non-hydrogen) atoms. The normalized spacial score (nSPS) is 19.4. The Hall–Kier alpha value is -2.47.